The van der Waals surface area contributed by atoms with E-state index in [9.17, 15) is 14.4 Å². The number of fused-ring (bicyclic) bond motifs is 1. The van der Waals surface area contributed by atoms with E-state index in [-0.39, 0.29) is 17.9 Å². The lowest BCUT2D eigenvalue weighted by molar-refractivity contribution is -0.127. The van der Waals surface area contributed by atoms with E-state index >= 15 is 0 Å². The number of nitrogens with zero attached hydrogens (tertiary/aromatic N) is 2. The van der Waals surface area contributed by atoms with Crippen molar-refractivity contribution in [2.75, 3.05) is 31.6 Å². The second kappa shape index (κ2) is 7.09. The Balaban J connectivity index is 1.81. The van der Waals surface area contributed by atoms with Gasteiger partial charge in [0.05, 0.1) is 5.69 Å². The van der Waals surface area contributed by atoms with E-state index in [1.54, 1.807) is 25.2 Å². The van der Waals surface area contributed by atoms with Crippen molar-refractivity contribution >= 4 is 23.6 Å². The summed E-state index contributed by atoms with van der Waals surface area (Å²) in [5.74, 6) is -0.0852. The van der Waals surface area contributed by atoms with Crippen molar-refractivity contribution in [2.24, 2.45) is 11.1 Å². The number of nitrogens with two attached hydrogens (primary N) is 1. The van der Waals surface area contributed by atoms with E-state index in [1.165, 1.54) is 4.90 Å². The summed E-state index contributed by atoms with van der Waals surface area (Å²) >= 11 is 0. The second-order valence-corrected chi connectivity index (χ2v) is 7.77. The quantitative estimate of drug-likeness (QED) is 0.849. The third-order valence-corrected chi connectivity index (χ3v) is 5.23. The highest BCUT2D eigenvalue weighted by atomic mass is 16.6. The molecule has 2 heterocycles. The predicted molar refractivity (Wildman–Crippen MR) is 98.7 cm³/mol. The van der Waals surface area contributed by atoms with Crippen LogP contribution in [0.3, 0.4) is 0 Å². The molecule has 146 valence electrons. The van der Waals surface area contributed by atoms with Crippen molar-refractivity contribution < 1.29 is 23.9 Å². The zero-order valence-electron chi connectivity index (χ0n) is 15.9. The third-order valence-electron chi connectivity index (χ3n) is 5.23. The monoisotopic (exact) mass is 375 g/mol. The number of rotatable bonds is 2. The summed E-state index contributed by atoms with van der Waals surface area (Å²) in [5, 5.41) is 0. The Morgan fingerprint density at radius 1 is 1.26 bits per heavy atom. The van der Waals surface area contributed by atoms with E-state index in [0.29, 0.717) is 30.1 Å². The lowest BCUT2D eigenvalue weighted by atomic mass is 9.82. The topological polar surface area (TPSA) is 102 Å². The number of ether oxygens (including phenoxy) is 2. The summed E-state index contributed by atoms with van der Waals surface area (Å²) in [4.78, 5) is 39.5. The molecule has 0 saturated carbocycles. The molecule has 2 aliphatic heterocycles. The number of amides is 3. The first-order valence-corrected chi connectivity index (χ1v) is 8.98. The fraction of sp³-hybridized carbons (Fsp3) is 0.526. The molecule has 3 rings (SSSR count). The van der Waals surface area contributed by atoms with Gasteiger partial charge in [-0.3, -0.25) is 9.59 Å². The first-order valence-electron chi connectivity index (χ1n) is 8.98. The van der Waals surface area contributed by atoms with E-state index in [2.05, 4.69) is 13.8 Å². The molecule has 27 heavy (non-hydrogen) atoms. The summed E-state index contributed by atoms with van der Waals surface area (Å²) in [6.45, 7) is 5.71. The molecule has 0 aliphatic carbocycles. The first kappa shape index (κ1) is 19.0. The highest BCUT2D eigenvalue weighted by Gasteiger charge is 2.33. The average Bonchev–Trinajstić information content (AvgIpc) is 2.73. The third kappa shape index (κ3) is 3.99. The fourth-order valence-electron chi connectivity index (χ4n) is 3.33. The Kier molecular flexibility index (Phi) is 4.99. The lowest BCUT2D eigenvalue weighted by Crippen LogP contribution is -2.42. The van der Waals surface area contributed by atoms with Crippen molar-refractivity contribution in [3.8, 4) is 5.75 Å². The second-order valence-electron chi connectivity index (χ2n) is 7.77. The van der Waals surface area contributed by atoms with Crippen molar-refractivity contribution in [2.45, 2.75) is 32.8 Å². The summed E-state index contributed by atoms with van der Waals surface area (Å²) in [6, 6.07) is 4.99. The Labute approximate surface area is 158 Å². The maximum Gasteiger partial charge on any atom is 0.405 e. The van der Waals surface area contributed by atoms with E-state index in [0.717, 1.165) is 12.8 Å². The predicted octanol–water partition coefficient (Wildman–Crippen LogP) is 1.77. The van der Waals surface area contributed by atoms with E-state index < -0.39 is 18.1 Å². The smallest absolute Gasteiger partial charge is 0.405 e. The maximum absolute atomic E-state index is 12.9. The fourth-order valence-corrected chi connectivity index (χ4v) is 3.33. The summed E-state index contributed by atoms with van der Waals surface area (Å²) in [6.07, 6.45) is -0.252. The van der Waals surface area contributed by atoms with Crippen LogP contribution < -0.4 is 15.4 Å². The Morgan fingerprint density at radius 3 is 2.56 bits per heavy atom. The molecular formula is C19H25N3O5. The molecule has 3 amide bonds. The van der Waals surface area contributed by atoms with Gasteiger partial charge in [0.25, 0.3) is 11.8 Å². The minimum absolute atomic E-state index is 0.0664. The van der Waals surface area contributed by atoms with Gasteiger partial charge in [-0.25, -0.2) is 4.79 Å². The van der Waals surface area contributed by atoms with Gasteiger partial charge in [0.2, 0.25) is 6.10 Å². The van der Waals surface area contributed by atoms with Crippen LogP contribution in [0, 0.1) is 5.41 Å². The molecule has 0 radical (unpaired) electrons. The van der Waals surface area contributed by atoms with Crippen LogP contribution in [-0.2, 0) is 9.53 Å². The number of benzene rings is 1. The molecule has 2 N–H and O–H groups in total. The van der Waals surface area contributed by atoms with Gasteiger partial charge in [0.1, 0.15) is 12.4 Å². The largest absolute Gasteiger partial charge is 0.487 e. The molecule has 1 fully saturated rings. The summed E-state index contributed by atoms with van der Waals surface area (Å²) in [7, 11) is 1.55. The minimum atomic E-state index is -1.12. The molecule has 1 atom stereocenters. The molecular weight excluding hydrogens is 350 g/mol. The number of hydrogen-bond acceptors (Lipinski definition) is 5. The highest BCUT2D eigenvalue weighted by Crippen LogP contribution is 2.34. The molecule has 1 aromatic carbocycles. The number of carbonyl (C=O) groups excluding carboxylic acids is 3. The van der Waals surface area contributed by atoms with E-state index in [1.807, 2.05) is 4.90 Å². The number of likely N-dealkylation sites (tertiary alicyclic amines) is 1. The number of primary amides is 1. The van der Waals surface area contributed by atoms with Crippen molar-refractivity contribution in [1.29, 1.82) is 0 Å². The Morgan fingerprint density at radius 2 is 1.93 bits per heavy atom. The number of hydrogen-bond donors (Lipinski definition) is 1. The van der Waals surface area contributed by atoms with Crippen LogP contribution in [0.4, 0.5) is 10.5 Å². The molecule has 0 aromatic heterocycles. The highest BCUT2D eigenvalue weighted by molar-refractivity contribution is 6.01. The molecule has 2 aliphatic rings. The van der Waals surface area contributed by atoms with Gasteiger partial charge in [-0.15, -0.1) is 0 Å². The van der Waals surface area contributed by atoms with Crippen LogP contribution in [0.1, 0.15) is 37.0 Å². The normalized spacial score (nSPS) is 21.7. The molecule has 0 unspecified atom stereocenters. The zero-order valence-corrected chi connectivity index (χ0v) is 15.9. The number of anilines is 1. The van der Waals surface area contributed by atoms with Crippen LogP contribution in [0.25, 0.3) is 0 Å². The molecule has 8 nitrogen and oxygen atoms in total. The van der Waals surface area contributed by atoms with Gasteiger partial charge in [0.15, 0.2) is 0 Å². The van der Waals surface area contributed by atoms with Crippen LogP contribution in [-0.4, -0.2) is 55.7 Å². The molecule has 0 bridgehead atoms. The minimum Gasteiger partial charge on any atom is -0.487 e. The van der Waals surface area contributed by atoms with Gasteiger partial charge in [-0.1, -0.05) is 13.8 Å². The number of carbonyl (C=O) groups is 3. The van der Waals surface area contributed by atoms with E-state index in [4.69, 9.17) is 15.2 Å². The van der Waals surface area contributed by atoms with Crippen LogP contribution in [0.2, 0.25) is 0 Å². The number of likely N-dealkylation sites (N-methyl/N-ethyl adjacent to an activating group) is 1. The Hall–Kier alpha value is -2.77. The Bertz CT molecular complexity index is 767. The summed E-state index contributed by atoms with van der Waals surface area (Å²) < 4.78 is 10.4. The molecule has 8 heteroatoms. The first-order chi connectivity index (χ1) is 12.7. The molecule has 1 aromatic rings. The van der Waals surface area contributed by atoms with Gasteiger partial charge >= 0.3 is 6.09 Å². The van der Waals surface area contributed by atoms with Gasteiger partial charge < -0.3 is 25.0 Å². The molecule has 1 saturated heterocycles. The van der Waals surface area contributed by atoms with Crippen molar-refractivity contribution in [3.63, 3.8) is 0 Å². The number of piperidine rings is 1. The van der Waals surface area contributed by atoms with Gasteiger partial charge in [-0.05, 0) is 36.5 Å². The van der Waals surface area contributed by atoms with Crippen LogP contribution in [0.5, 0.6) is 5.75 Å². The van der Waals surface area contributed by atoms with Gasteiger partial charge in [0, 0.05) is 25.7 Å². The maximum atomic E-state index is 12.9. The van der Waals surface area contributed by atoms with Crippen molar-refractivity contribution in [3.05, 3.63) is 23.8 Å². The summed E-state index contributed by atoms with van der Waals surface area (Å²) in [5.41, 5.74) is 6.21. The molecule has 0 spiro atoms. The standard InChI is InChI=1S/C19H25N3O5/c1-19(2)6-8-22(9-7-19)16(23)12-4-5-14-13(10-12)21(3)17(24)15(11-26-14)27-18(20)25/h4-5,10,15H,6-9,11H2,1-3H3,(H2,20,25)/t15-/m0/s1. The average molecular weight is 375 g/mol. The van der Waals surface area contributed by atoms with Crippen molar-refractivity contribution in [1.82, 2.24) is 4.90 Å². The zero-order chi connectivity index (χ0) is 19.8. The SMILES string of the molecule is CN1C(=O)[C@@H](OC(N)=O)COc2ccc(C(=O)N3CCC(C)(C)CC3)cc21. The lowest BCUT2D eigenvalue weighted by Gasteiger charge is -2.37. The van der Waals surface area contributed by atoms with Crippen LogP contribution in [0.15, 0.2) is 18.2 Å². The van der Waals surface area contributed by atoms with Gasteiger partial charge in [-0.2, -0.15) is 0 Å². The van der Waals surface area contributed by atoms with Crippen LogP contribution >= 0.6 is 0 Å².